The quantitative estimate of drug-likeness (QED) is 0.873. The number of pyridine rings is 1. The summed E-state index contributed by atoms with van der Waals surface area (Å²) in [6.07, 6.45) is -0.614. The lowest BCUT2D eigenvalue weighted by Gasteiger charge is -2.19. The lowest BCUT2D eigenvalue weighted by atomic mass is 9.94. The molecule has 3 nitrogen and oxygen atoms in total. The predicted molar refractivity (Wildman–Crippen MR) is 78.3 cm³/mol. The summed E-state index contributed by atoms with van der Waals surface area (Å²) >= 11 is 3.35. The largest absolute Gasteiger partial charge is 0.497 e. The first-order valence-electron chi connectivity index (χ1n) is 6.06. The summed E-state index contributed by atoms with van der Waals surface area (Å²) in [5.41, 5.74) is 1.68. The monoisotopic (exact) mass is 321 g/mol. The molecular formula is C15H16BrNO2. The van der Waals surface area contributed by atoms with Gasteiger partial charge in [0.25, 0.3) is 0 Å². The van der Waals surface area contributed by atoms with Crippen LogP contribution in [0.2, 0.25) is 0 Å². The van der Waals surface area contributed by atoms with Crippen LogP contribution in [-0.2, 0) is 0 Å². The highest BCUT2D eigenvalue weighted by molar-refractivity contribution is 9.10. The molecule has 0 radical (unpaired) electrons. The van der Waals surface area contributed by atoms with Gasteiger partial charge in [0.1, 0.15) is 10.4 Å². The topological polar surface area (TPSA) is 42.4 Å². The van der Waals surface area contributed by atoms with Gasteiger partial charge in [-0.05, 0) is 45.8 Å². The van der Waals surface area contributed by atoms with Crippen LogP contribution >= 0.6 is 15.9 Å². The number of aliphatic hydroxyl groups is 1. The van der Waals surface area contributed by atoms with Crippen molar-refractivity contribution in [2.75, 3.05) is 7.11 Å². The molecule has 0 aliphatic carbocycles. The zero-order chi connectivity index (χ0) is 13.8. The maximum atomic E-state index is 10.4. The minimum absolute atomic E-state index is 0.0930. The van der Waals surface area contributed by atoms with Gasteiger partial charge in [0.2, 0.25) is 0 Å². The molecule has 1 N–H and O–H groups in total. The van der Waals surface area contributed by atoms with Crippen molar-refractivity contribution >= 4 is 15.9 Å². The second-order valence-corrected chi connectivity index (χ2v) is 5.21. The van der Waals surface area contributed by atoms with E-state index in [-0.39, 0.29) is 5.92 Å². The molecule has 0 spiro atoms. The number of hydrogen-bond acceptors (Lipinski definition) is 3. The summed E-state index contributed by atoms with van der Waals surface area (Å²) in [4.78, 5) is 4.39. The standard InChI is InChI=1S/C15H16BrNO2/c1-10(13-7-4-8-14(16)17-13)15(18)11-5-3-6-12(9-11)19-2/h3-10,15,18H,1-2H3/t10-,15+/m1/s1. The molecular weight excluding hydrogens is 306 g/mol. The van der Waals surface area contributed by atoms with E-state index in [9.17, 15) is 5.11 Å². The second-order valence-electron chi connectivity index (χ2n) is 4.40. The van der Waals surface area contributed by atoms with Crippen LogP contribution < -0.4 is 4.74 Å². The highest BCUT2D eigenvalue weighted by Gasteiger charge is 2.19. The predicted octanol–water partition coefficient (Wildman–Crippen LogP) is 3.69. The van der Waals surface area contributed by atoms with E-state index in [1.807, 2.05) is 49.4 Å². The zero-order valence-corrected chi connectivity index (χ0v) is 12.5. The summed E-state index contributed by atoms with van der Waals surface area (Å²) in [5, 5.41) is 10.4. The molecule has 0 aliphatic rings. The fourth-order valence-corrected chi connectivity index (χ4v) is 2.31. The number of halogens is 1. The lowest BCUT2D eigenvalue weighted by Crippen LogP contribution is -2.09. The van der Waals surface area contributed by atoms with Crippen molar-refractivity contribution in [1.82, 2.24) is 4.98 Å². The number of methoxy groups -OCH3 is 1. The number of rotatable bonds is 4. The van der Waals surface area contributed by atoms with E-state index in [4.69, 9.17) is 4.74 Å². The molecule has 1 aromatic heterocycles. The molecule has 0 saturated carbocycles. The van der Waals surface area contributed by atoms with E-state index in [2.05, 4.69) is 20.9 Å². The van der Waals surface area contributed by atoms with E-state index in [1.165, 1.54) is 0 Å². The first-order chi connectivity index (χ1) is 9.11. The number of aromatic nitrogens is 1. The van der Waals surface area contributed by atoms with Gasteiger partial charge in [-0.15, -0.1) is 0 Å². The van der Waals surface area contributed by atoms with Crippen LogP contribution in [0.25, 0.3) is 0 Å². The first-order valence-corrected chi connectivity index (χ1v) is 6.85. The van der Waals surface area contributed by atoms with Crippen molar-refractivity contribution in [2.24, 2.45) is 0 Å². The Bertz CT molecular complexity index is 559. The molecule has 2 aromatic rings. The van der Waals surface area contributed by atoms with E-state index in [0.717, 1.165) is 21.6 Å². The Kier molecular flexibility index (Phi) is 4.56. The third kappa shape index (κ3) is 3.33. The number of aliphatic hydroxyl groups excluding tert-OH is 1. The van der Waals surface area contributed by atoms with Crippen LogP contribution in [-0.4, -0.2) is 17.2 Å². The van der Waals surface area contributed by atoms with E-state index in [1.54, 1.807) is 7.11 Å². The highest BCUT2D eigenvalue weighted by atomic mass is 79.9. The second kappa shape index (κ2) is 6.17. The van der Waals surface area contributed by atoms with Gasteiger partial charge in [-0.2, -0.15) is 0 Å². The van der Waals surface area contributed by atoms with Gasteiger partial charge < -0.3 is 9.84 Å². The minimum atomic E-state index is -0.614. The van der Waals surface area contributed by atoms with Crippen molar-refractivity contribution in [3.8, 4) is 5.75 Å². The Morgan fingerprint density at radius 1 is 1.21 bits per heavy atom. The molecule has 0 amide bonds. The van der Waals surface area contributed by atoms with Gasteiger partial charge in [-0.3, -0.25) is 0 Å². The summed E-state index contributed by atoms with van der Waals surface area (Å²) in [5.74, 6) is 0.649. The molecule has 1 heterocycles. The van der Waals surface area contributed by atoms with Crippen LogP contribution in [0.5, 0.6) is 5.75 Å². The summed E-state index contributed by atoms with van der Waals surface area (Å²) in [6.45, 7) is 1.96. The number of ether oxygens (including phenoxy) is 1. The molecule has 100 valence electrons. The van der Waals surface area contributed by atoms with Crippen LogP contribution in [0.3, 0.4) is 0 Å². The third-order valence-corrected chi connectivity index (χ3v) is 3.55. The summed E-state index contributed by atoms with van der Waals surface area (Å²) in [7, 11) is 1.62. The van der Waals surface area contributed by atoms with Gasteiger partial charge in [0, 0.05) is 11.6 Å². The molecule has 2 rings (SSSR count). The molecule has 0 saturated heterocycles. The molecule has 1 aromatic carbocycles. The maximum Gasteiger partial charge on any atom is 0.119 e. The average molecular weight is 322 g/mol. The average Bonchev–Trinajstić information content (AvgIpc) is 2.45. The molecule has 0 unspecified atom stereocenters. The van der Waals surface area contributed by atoms with Crippen LogP contribution in [0, 0.1) is 0 Å². The van der Waals surface area contributed by atoms with E-state index in [0.29, 0.717) is 0 Å². The van der Waals surface area contributed by atoms with Crippen LogP contribution in [0.4, 0.5) is 0 Å². The normalized spacial score (nSPS) is 13.9. The van der Waals surface area contributed by atoms with Crippen molar-refractivity contribution in [3.63, 3.8) is 0 Å². The SMILES string of the molecule is COc1cccc([C@@H](O)[C@H](C)c2cccc(Br)n2)c1. The molecule has 4 heteroatoms. The number of hydrogen-bond donors (Lipinski definition) is 1. The summed E-state index contributed by atoms with van der Waals surface area (Å²) in [6, 6.07) is 13.2. The Morgan fingerprint density at radius 2 is 1.95 bits per heavy atom. The van der Waals surface area contributed by atoms with Gasteiger partial charge >= 0.3 is 0 Å². The Labute approximate surface area is 121 Å². The van der Waals surface area contributed by atoms with Gasteiger partial charge in [-0.25, -0.2) is 4.98 Å². The van der Waals surface area contributed by atoms with Gasteiger partial charge in [0.15, 0.2) is 0 Å². The number of nitrogens with zero attached hydrogens (tertiary/aromatic N) is 1. The smallest absolute Gasteiger partial charge is 0.119 e. The van der Waals surface area contributed by atoms with Crippen LogP contribution in [0.15, 0.2) is 47.1 Å². The van der Waals surface area contributed by atoms with Crippen LogP contribution in [0.1, 0.15) is 30.2 Å². The Hall–Kier alpha value is -1.39. The molecule has 2 atom stereocenters. The van der Waals surface area contributed by atoms with Gasteiger partial charge in [-0.1, -0.05) is 25.1 Å². The van der Waals surface area contributed by atoms with Crippen molar-refractivity contribution in [2.45, 2.75) is 18.9 Å². The highest BCUT2D eigenvalue weighted by Crippen LogP contribution is 2.31. The zero-order valence-electron chi connectivity index (χ0n) is 10.9. The fraction of sp³-hybridized carbons (Fsp3) is 0.267. The molecule has 0 bridgehead atoms. The van der Waals surface area contributed by atoms with E-state index < -0.39 is 6.10 Å². The maximum absolute atomic E-state index is 10.4. The lowest BCUT2D eigenvalue weighted by molar-refractivity contribution is 0.149. The fourth-order valence-electron chi connectivity index (χ4n) is 1.95. The summed E-state index contributed by atoms with van der Waals surface area (Å²) < 4.78 is 5.95. The molecule has 0 fully saturated rings. The van der Waals surface area contributed by atoms with Crippen molar-refractivity contribution < 1.29 is 9.84 Å². The number of benzene rings is 1. The Balaban J connectivity index is 2.25. The van der Waals surface area contributed by atoms with Crippen molar-refractivity contribution in [1.29, 1.82) is 0 Å². The van der Waals surface area contributed by atoms with Gasteiger partial charge in [0.05, 0.1) is 13.2 Å². The van der Waals surface area contributed by atoms with Crippen molar-refractivity contribution in [3.05, 3.63) is 58.3 Å². The third-order valence-electron chi connectivity index (χ3n) is 3.11. The van der Waals surface area contributed by atoms with E-state index >= 15 is 0 Å². The Morgan fingerprint density at radius 3 is 2.63 bits per heavy atom. The molecule has 0 aliphatic heterocycles. The molecule has 19 heavy (non-hydrogen) atoms. The minimum Gasteiger partial charge on any atom is -0.497 e. The first kappa shape index (κ1) is 14.0.